The molecule has 1 amide bonds. The number of nitrogens with one attached hydrogen (secondary N) is 2. The minimum Gasteiger partial charge on any atom is -0.466 e. The van der Waals surface area contributed by atoms with Gasteiger partial charge in [-0.3, -0.25) is 9.59 Å². The molecule has 0 saturated heterocycles. The summed E-state index contributed by atoms with van der Waals surface area (Å²) in [5, 5.41) is 4.18. The zero-order valence-corrected chi connectivity index (χ0v) is 13.3. The van der Waals surface area contributed by atoms with E-state index in [1.807, 2.05) is 0 Å². The van der Waals surface area contributed by atoms with Gasteiger partial charge in [0.2, 0.25) is 15.9 Å². The van der Waals surface area contributed by atoms with Crippen molar-refractivity contribution in [1.29, 1.82) is 0 Å². The van der Waals surface area contributed by atoms with Crippen molar-refractivity contribution in [3.05, 3.63) is 17.5 Å². The summed E-state index contributed by atoms with van der Waals surface area (Å²) in [6.45, 7) is 2.19. The molecule has 1 heterocycles. The normalized spacial score (nSPS) is 11.1. The van der Waals surface area contributed by atoms with Gasteiger partial charge in [0.25, 0.3) is 0 Å². The van der Waals surface area contributed by atoms with E-state index < -0.39 is 10.0 Å². The lowest BCUT2D eigenvalue weighted by atomic mass is 10.3. The van der Waals surface area contributed by atoms with Crippen LogP contribution in [0.25, 0.3) is 0 Å². The van der Waals surface area contributed by atoms with Gasteiger partial charge in [-0.25, -0.2) is 13.1 Å². The molecule has 1 rings (SSSR count). The highest BCUT2D eigenvalue weighted by atomic mass is 32.2. The van der Waals surface area contributed by atoms with E-state index in [1.165, 1.54) is 6.07 Å². The van der Waals surface area contributed by atoms with Crippen molar-refractivity contribution in [3.8, 4) is 0 Å². The van der Waals surface area contributed by atoms with Crippen LogP contribution in [0.3, 0.4) is 0 Å². The molecule has 0 spiro atoms. The molecular formula is C12H18N2O5S2. The fraction of sp³-hybridized carbons (Fsp3) is 0.500. The number of hydrogen-bond donors (Lipinski definition) is 2. The molecule has 1 aromatic heterocycles. The minimum atomic E-state index is -3.54. The van der Waals surface area contributed by atoms with Gasteiger partial charge in [0.15, 0.2) is 0 Å². The Morgan fingerprint density at radius 3 is 2.67 bits per heavy atom. The third kappa shape index (κ3) is 6.69. The van der Waals surface area contributed by atoms with Crippen molar-refractivity contribution >= 4 is 33.2 Å². The molecule has 0 aliphatic heterocycles. The maximum atomic E-state index is 11.8. The Kier molecular flexibility index (Phi) is 7.34. The number of carbonyl (C=O) groups excluding carboxylic acids is 2. The fourth-order valence-corrected chi connectivity index (χ4v) is 3.48. The van der Waals surface area contributed by atoms with E-state index >= 15 is 0 Å². The molecular weight excluding hydrogens is 316 g/mol. The summed E-state index contributed by atoms with van der Waals surface area (Å²) < 4.78 is 30.8. The molecule has 0 atom stereocenters. The Morgan fingerprint density at radius 1 is 1.29 bits per heavy atom. The van der Waals surface area contributed by atoms with Gasteiger partial charge in [-0.2, -0.15) is 0 Å². The Hall–Kier alpha value is -1.45. The van der Waals surface area contributed by atoms with Crippen LogP contribution in [0.4, 0.5) is 0 Å². The number of thiophene rings is 1. The van der Waals surface area contributed by atoms with Gasteiger partial charge in [-0.15, -0.1) is 11.3 Å². The lowest BCUT2D eigenvalue weighted by molar-refractivity contribution is -0.143. The van der Waals surface area contributed by atoms with Gasteiger partial charge < -0.3 is 10.1 Å². The highest BCUT2D eigenvalue weighted by Gasteiger charge is 2.14. The van der Waals surface area contributed by atoms with Gasteiger partial charge in [0.05, 0.1) is 13.0 Å². The van der Waals surface area contributed by atoms with Gasteiger partial charge in [0.1, 0.15) is 4.21 Å². The smallest absolute Gasteiger partial charge is 0.307 e. The highest BCUT2D eigenvalue weighted by Crippen LogP contribution is 2.14. The molecule has 21 heavy (non-hydrogen) atoms. The number of sulfonamides is 1. The van der Waals surface area contributed by atoms with E-state index in [-0.39, 0.29) is 42.0 Å². The SMILES string of the molecule is CCOC(=O)CCNC(=O)CCNS(=O)(=O)c1cccs1. The Balaban J connectivity index is 2.21. The maximum Gasteiger partial charge on any atom is 0.307 e. The second-order valence-electron chi connectivity index (χ2n) is 3.98. The molecule has 0 fully saturated rings. The van der Waals surface area contributed by atoms with Crippen molar-refractivity contribution < 1.29 is 22.7 Å². The van der Waals surface area contributed by atoms with E-state index in [2.05, 4.69) is 10.0 Å². The quantitative estimate of drug-likeness (QED) is 0.640. The first-order valence-electron chi connectivity index (χ1n) is 6.41. The molecule has 7 nitrogen and oxygen atoms in total. The van der Waals surface area contributed by atoms with Crippen LogP contribution in [0.1, 0.15) is 19.8 Å². The molecule has 118 valence electrons. The second-order valence-corrected chi connectivity index (χ2v) is 6.93. The van der Waals surface area contributed by atoms with Crippen LogP contribution >= 0.6 is 11.3 Å². The standard InChI is InChI=1S/C12H18N2O5S2/c1-2-19-11(16)6-7-13-10(15)5-8-14-21(17,18)12-4-3-9-20-12/h3-4,9,14H,2,5-8H2,1H3,(H,13,15). The average molecular weight is 334 g/mol. The Bertz CT molecular complexity index is 554. The topological polar surface area (TPSA) is 102 Å². The van der Waals surface area contributed by atoms with E-state index in [4.69, 9.17) is 4.74 Å². The molecule has 0 aromatic carbocycles. The van der Waals surface area contributed by atoms with Crippen LogP contribution < -0.4 is 10.0 Å². The zero-order chi connectivity index (χ0) is 15.7. The number of esters is 1. The molecule has 0 saturated carbocycles. The van der Waals surface area contributed by atoms with E-state index in [0.717, 1.165) is 11.3 Å². The third-order valence-electron chi connectivity index (χ3n) is 2.36. The highest BCUT2D eigenvalue weighted by molar-refractivity contribution is 7.91. The van der Waals surface area contributed by atoms with Gasteiger partial charge >= 0.3 is 5.97 Å². The summed E-state index contributed by atoms with van der Waals surface area (Å²) in [4.78, 5) is 22.5. The zero-order valence-electron chi connectivity index (χ0n) is 11.6. The Morgan fingerprint density at radius 2 is 2.05 bits per heavy atom. The van der Waals surface area contributed by atoms with Crippen LogP contribution in [-0.4, -0.2) is 40.0 Å². The van der Waals surface area contributed by atoms with Crippen LogP contribution in [0.2, 0.25) is 0 Å². The molecule has 0 aliphatic rings. The lowest BCUT2D eigenvalue weighted by Gasteiger charge is -2.06. The van der Waals surface area contributed by atoms with Crippen LogP contribution in [-0.2, 0) is 24.3 Å². The summed E-state index contributed by atoms with van der Waals surface area (Å²) in [7, 11) is -3.54. The molecule has 0 bridgehead atoms. The molecule has 1 aromatic rings. The average Bonchev–Trinajstić information content (AvgIpc) is 2.93. The molecule has 0 aliphatic carbocycles. The largest absolute Gasteiger partial charge is 0.466 e. The summed E-state index contributed by atoms with van der Waals surface area (Å²) in [6.07, 6.45) is 0.105. The van der Waals surface area contributed by atoms with Gasteiger partial charge in [0, 0.05) is 19.5 Å². The van der Waals surface area contributed by atoms with E-state index in [0.29, 0.717) is 6.61 Å². The predicted molar refractivity (Wildman–Crippen MR) is 78.4 cm³/mol. The van der Waals surface area contributed by atoms with Crippen LogP contribution in [0.5, 0.6) is 0 Å². The summed E-state index contributed by atoms with van der Waals surface area (Å²) >= 11 is 1.11. The van der Waals surface area contributed by atoms with Crippen molar-refractivity contribution in [2.75, 3.05) is 19.7 Å². The molecule has 0 unspecified atom stereocenters. The summed E-state index contributed by atoms with van der Waals surface area (Å²) in [5.74, 6) is -0.704. The molecule has 9 heteroatoms. The van der Waals surface area contributed by atoms with Gasteiger partial charge in [-0.05, 0) is 18.4 Å². The van der Waals surface area contributed by atoms with Gasteiger partial charge in [-0.1, -0.05) is 6.07 Å². The number of carbonyl (C=O) groups is 2. The number of hydrogen-bond acceptors (Lipinski definition) is 6. The molecule has 0 radical (unpaired) electrons. The summed E-state index contributed by atoms with van der Waals surface area (Å²) in [6, 6.07) is 3.13. The third-order valence-corrected chi connectivity index (χ3v) is 5.22. The van der Waals surface area contributed by atoms with Crippen molar-refractivity contribution in [2.45, 2.75) is 24.0 Å². The first-order chi connectivity index (χ1) is 9.95. The predicted octanol–water partition coefficient (Wildman–Crippen LogP) is 0.486. The van der Waals surface area contributed by atoms with Crippen LogP contribution in [0.15, 0.2) is 21.7 Å². The van der Waals surface area contributed by atoms with E-state index in [1.54, 1.807) is 18.4 Å². The number of ether oxygens (including phenoxy) is 1. The van der Waals surface area contributed by atoms with Crippen molar-refractivity contribution in [1.82, 2.24) is 10.0 Å². The number of rotatable bonds is 9. The minimum absolute atomic E-state index is 0.00543. The maximum absolute atomic E-state index is 11.8. The fourth-order valence-electron chi connectivity index (χ4n) is 1.41. The first kappa shape index (κ1) is 17.6. The Labute approximate surface area is 127 Å². The monoisotopic (exact) mass is 334 g/mol. The van der Waals surface area contributed by atoms with Crippen LogP contribution in [0, 0.1) is 0 Å². The first-order valence-corrected chi connectivity index (χ1v) is 8.77. The summed E-state index contributed by atoms with van der Waals surface area (Å²) in [5.41, 5.74) is 0. The second kappa shape index (κ2) is 8.75. The van der Waals surface area contributed by atoms with E-state index in [9.17, 15) is 18.0 Å². The molecule has 2 N–H and O–H groups in total. The number of amides is 1. The van der Waals surface area contributed by atoms with Crippen molar-refractivity contribution in [2.24, 2.45) is 0 Å². The lowest BCUT2D eigenvalue weighted by Crippen LogP contribution is -2.31. The van der Waals surface area contributed by atoms with Crippen molar-refractivity contribution in [3.63, 3.8) is 0 Å².